The Kier molecular flexibility index (Phi) is 3.87. The van der Waals surface area contributed by atoms with Gasteiger partial charge in [-0.3, -0.25) is 0 Å². The Balaban J connectivity index is 2.31. The van der Waals surface area contributed by atoms with Crippen molar-refractivity contribution < 1.29 is 4.74 Å². The number of anilines is 2. The molecule has 0 bridgehead atoms. The van der Waals surface area contributed by atoms with Crippen molar-refractivity contribution >= 4 is 23.5 Å². The Morgan fingerprint density at radius 3 is 2.83 bits per heavy atom. The average Bonchev–Trinajstić information content (AvgIpc) is 2.27. The minimum absolute atomic E-state index is 0.146. The second-order valence-electron chi connectivity index (χ2n) is 4.78. The molecule has 1 aromatic rings. The SMILES string of the molecule is CCNc1nc(Cl)nc(N2CCOCC2(C)C)n1. The molecule has 1 aromatic heterocycles. The van der Waals surface area contributed by atoms with Gasteiger partial charge in [0.2, 0.25) is 17.2 Å². The highest BCUT2D eigenvalue weighted by molar-refractivity contribution is 6.28. The third-order valence-electron chi connectivity index (χ3n) is 2.82. The fraction of sp³-hybridized carbons (Fsp3) is 0.727. The van der Waals surface area contributed by atoms with Crippen molar-refractivity contribution in [2.75, 3.05) is 36.5 Å². The lowest BCUT2D eigenvalue weighted by molar-refractivity contribution is 0.0634. The molecule has 1 saturated heterocycles. The van der Waals surface area contributed by atoms with Gasteiger partial charge in [-0.25, -0.2) is 0 Å². The van der Waals surface area contributed by atoms with Crippen LogP contribution in [-0.4, -0.2) is 46.8 Å². The molecule has 0 spiro atoms. The van der Waals surface area contributed by atoms with E-state index in [0.717, 1.165) is 13.1 Å². The Labute approximate surface area is 112 Å². The number of ether oxygens (including phenoxy) is 1. The maximum absolute atomic E-state index is 5.94. The molecule has 1 fully saturated rings. The lowest BCUT2D eigenvalue weighted by Gasteiger charge is -2.42. The van der Waals surface area contributed by atoms with Gasteiger partial charge in [-0.2, -0.15) is 15.0 Å². The smallest absolute Gasteiger partial charge is 0.232 e. The van der Waals surface area contributed by atoms with Crippen LogP contribution in [0.2, 0.25) is 5.28 Å². The van der Waals surface area contributed by atoms with E-state index in [2.05, 4.69) is 39.0 Å². The maximum atomic E-state index is 5.94. The fourth-order valence-corrected chi connectivity index (χ4v) is 2.08. The molecule has 1 N–H and O–H groups in total. The Morgan fingerprint density at radius 1 is 1.39 bits per heavy atom. The number of halogens is 1. The van der Waals surface area contributed by atoms with Crippen LogP contribution in [0.4, 0.5) is 11.9 Å². The van der Waals surface area contributed by atoms with Crippen LogP contribution < -0.4 is 10.2 Å². The first-order chi connectivity index (χ1) is 8.53. The molecule has 7 heteroatoms. The predicted octanol–water partition coefficient (Wildman–Crippen LogP) is 1.57. The summed E-state index contributed by atoms with van der Waals surface area (Å²) < 4.78 is 5.48. The van der Waals surface area contributed by atoms with E-state index in [1.807, 2.05) is 6.92 Å². The zero-order valence-electron chi connectivity index (χ0n) is 10.9. The van der Waals surface area contributed by atoms with E-state index < -0.39 is 0 Å². The Bertz CT molecular complexity index is 426. The minimum Gasteiger partial charge on any atom is -0.377 e. The standard InChI is InChI=1S/C11H18ClN5O/c1-4-13-9-14-8(12)15-10(16-9)17-5-6-18-7-11(17,2)3/h4-7H2,1-3H3,(H,13,14,15,16). The molecule has 0 atom stereocenters. The summed E-state index contributed by atoms with van der Waals surface area (Å²) in [6, 6.07) is 0. The molecule has 18 heavy (non-hydrogen) atoms. The van der Waals surface area contributed by atoms with Crippen LogP contribution in [0.3, 0.4) is 0 Å². The van der Waals surface area contributed by atoms with Crippen molar-refractivity contribution in [3.63, 3.8) is 0 Å². The molecular weight excluding hydrogens is 254 g/mol. The van der Waals surface area contributed by atoms with Gasteiger partial charge in [0.25, 0.3) is 0 Å². The summed E-state index contributed by atoms with van der Waals surface area (Å²) in [6.45, 7) is 8.98. The highest BCUT2D eigenvalue weighted by atomic mass is 35.5. The van der Waals surface area contributed by atoms with Gasteiger partial charge in [-0.15, -0.1) is 0 Å². The summed E-state index contributed by atoms with van der Waals surface area (Å²) in [6.07, 6.45) is 0. The lowest BCUT2D eigenvalue weighted by atomic mass is 10.0. The Hall–Kier alpha value is -1.14. The van der Waals surface area contributed by atoms with Crippen molar-refractivity contribution in [1.82, 2.24) is 15.0 Å². The first kappa shape index (κ1) is 13.3. The van der Waals surface area contributed by atoms with Gasteiger partial charge in [0.15, 0.2) is 0 Å². The normalized spacial score (nSPS) is 18.8. The van der Waals surface area contributed by atoms with Crippen LogP contribution in [0.1, 0.15) is 20.8 Å². The maximum Gasteiger partial charge on any atom is 0.232 e. The average molecular weight is 272 g/mol. The third-order valence-corrected chi connectivity index (χ3v) is 2.99. The summed E-state index contributed by atoms with van der Waals surface area (Å²) in [7, 11) is 0. The van der Waals surface area contributed by atoms with Gasteiger partial charge in [-0.1, -0.05) is 0 Å². The molecule has 0 saturated carbocycles. The largest absolute Gasteiger partial charge is 0.377 e. The van der Waals surface area contributed by atoms with E-state index in [9.17, 15) is 0 Å². The molecular formula is C11H18ClN5O. The zero-order valence-corrected chi connectivity index (χ0v) is 11.7. The molecule has 0 amide bonds. The van der Waals surface area contributed by atoms with Crippen molar-refractivity contribution in [1.29, 1.82) is 0 Å². The zero-order chi connectivity index (χ0) is 13.2. The summed E-state index contributed by atoms with van der Waals surface area (Å²) >= 11 is 5.94. The van der Waals surface area contributed by atoms with Crippen molar-refractivity contribution in [2.24, 2.45) is 0 Å². The van der Waals surface area contributed by atoms with E-state index in [4.69, 9.17) is 16.3 Å². The summed E-state index contributed by atoms with van der Waals surface area (Å²) in [5, 5.41) is 3.26. The summed E-state index contributed by atoms with van der Waals surface area (Å²) in [4.78, 5) is 14.7. The molecule has 2 heterocycles. The van der Waals surface area contributed by atoms with Gasteiger partial charge in [0.05, 0.1) is 18.8 Å². The van der Waals surface area contributed by atoms with Crippen LogP contribution in [-0.2, 0) is 4.74 Å². The van der Waals surface area contributed by atoms with E-state index in [-0.39, 0.29) is 10.8 Å². The van der Waals surface area contributed by atoms with Crippen LogP contribution in [0.15, 0.2) is 0 Å². The van der Waals surface area contributed by atoms with Gasteiger partial charge in [-0.05, 0) is 32.4 Å². The van der Waals surface area contributed by atoms with E-state index >= 15 is 0 Å². The fourth-order valence-electron chi connectivity index (χ4n) is 1.93. The van der Waals surface area contributed by atoms with Gasteiger partial charge < -0.3 is 15.0 Å². The van der Waals surface area contributed by atoms with Crippen LogP contribution in [0.5, 0.6) is 0 Å². The number of hydrogen-bond donors (Lipinski definition) is 1. The number of hydrogen-bond acceptors (Lipinski definition) is 6. The molecule has 0 unspecified atom stereocenters. The van der Waals surface area contributed by atoms with E-state index in [0.29, 0.717) is 25.1 Å². The molecule has 0 aliphatic carbocycles. The first-order valence-electron chi connectivity index (χ1n) is 6.04. The molecule has 2 rings (SSSR count). The quantitative estimate of drug-likeness (QED) is 0.900. The number of rotatable bonds is 3. The Morgan fingerprint density at radius 2 is 2.17 bits per heavy atom. The lowest BCUT2D eigenvalue weighted by Crippen LogP contribution is -2.54. The molecule has 0 radical (unpaired) electrons. The molecule has 100 valence electrons. The van der Waals surface area contributed by atoms with E-state index in [1.54, 1.807) is 0 Å². The molecule has 1 aliphatic heterocycles. The first-order valence-corrected chi connectivity index (χ1v) is 6.41. The second kappa shape index (κ2) is 5.24. The van der Waals surface area contributed by atoms with Gasteiger partial charge >= 0.3 is 0 Å². The van der Waals surface area contributed by atoms with Crippen LogP contribution in [0, 0.1) is 0 Å². The van der Waals surface area contributed by atoms with Gasteiger partial charge in [0, 0.05) is 13.1 Å². The third kappa shape index (κ3) is 2.81. The highest BCUT2D eigenvalue weighted by Crippen LogP contribution is 2.25. The van der Waals surface area contributed by atoms with Crippen LogP contribution in [0.25, 0.3) is 0 Å². The second-order valence-corrected chi connectivity index (χ2v) is 5.11. The minimum atomic E-state index is -0.146. The van der Waals surface area contributed by atoms with Gasteiger partial charge in [0.1, 0.15) is 0 Å². The van der Waals surface area contributed by atoms with E-state index in [1.165, 1.54) is 0 Å². The summed E-state index contributed by atoms with van der Waals surface area (Å²) in [5.41, 5.74) is -0.146. The van der Waals surface area contributed by atoms with Crippen molar-refractivity contribution in [3.05, 3.63) is 5.28 Å². The number of nitrogens with one attached hydrogen (secondary N) is 1. The number of aromatic nitrogens is 3. The van der Waals surface area contributed by atoms with Crippen molar-refractivity contribution in [3.8, 4) is 0 Å². The molecule has 6 nitrogen and oxygen atoms in total. The van der Waals surface area contributed by atoms with Crippen molar-refractivity contribution in [2.45, 2.75) is 26.3 Å². The highest BCUT2D eigenvalue weighted by Gasteiger charge is 2.32. The topological polar surface area (TPSA) is 63.2 Å². The number of nitrogens with zero attached hydrogens (tertiary/aromatic N) is 4. The predicted molar refractivity (Wildman–Crippen MR) is 71.2 cm³/mol. The molecule has 0 aromatic carbocycles. The summed E-state index contributed by atoms with van der Waals surface area (Å²) in [5.74, 6) is 1.11. The monoisotopic (exact) mass is 271 g/mol. The van der Waals surface area contributed by atoms with Crippen LogP contribution >= 0.6 is 11.6 Å². The number of morpholine rings is 1. The molecule has 1 aliphatic rings.